The smallest absolute Gasteiger partial charge is 0.336 e. The quantitative estimate of drug-likeness (QED) is 0.738. The maximum absolute atomic E-state index is 10.9. The Labute approximate surface area is 112 Å². The average molecular weight is 407 g/mol. The summed E-state index contributed by atoms with van der Waals surface area (Å²) in [6.07, 6.45) is 0. The van der Waals surface area contributed by atoms with Crippen LogP contribution in [0.4, 0.5) is 0 Å². The van der Waals surface area contributed by atoms with E-state index in [2.05, 4.69) is 0 Å². The molecular formula is C11H7ClHgO2. The molecule has 72 valence electrons. The number of carboxylic acid groups (broad SMARTS) is 1. The summed E-state index contributed by atoms with van der Waals surface area (Å²) in [6.45, 7) is 0. The van der Waals surface area contributed by atoms with Crippen LogP contribution in [0.3, 0.4) is 0 Å². The van der Waals surface area contributed by atoms with Crippen molar-refractivity contribution in [3.8, 4) is 0 Å². The molecule has 4 heteroatoms. The predicted molar refractivity (Wildman–Crippen MR) is 55.9 cm³/mol. The van der Waals surface area contributed by atoms with Crippen LogP contribution in [-0.2, 0) is 27.7 Å². The Kier molecular flexibility index (Phi) is 4.11. The van der Waals surface area contributed by atoms with Crippen LogP contribution in [0, 0.1) is 0 Å². The van der Waals surface area contributed by atoms with Crippen LogP contribution in [0.1, 0.15) is 10.4 Å². The van der Waals surface area contributed by atoms with Gasteiger partial charge in [-0.25, -0.2) is 4.79 Å². The molecule has 0 radical (unpaired) electrons. The number of fused-ring (bicyclic) bond motifs is 1. The normalized spacial score (nSPS) is 9.67. The molecule has 0 aliphatic carbocycles. The number of carboxylic acids is 1. The van der Waals surface area contributed by atoms with E-state index < -0.39 is 5.97 Å². The van der Waals surface area contributed by atoms with Crippen molar-refractivity contribution in [1.82, 2.24) is 0 Å². The molecule has 0 bridgehead atoms. The van der Waals surface area contributed by atoms with E-state index in [0.717, 1.165) is 5.39 Å². The fraction of sp³-hybridized carbons (Fsp3) is 0. The molecule has 0 saturated carbocycles. The van der Waals surface area contributed by atoms with Crippen molar-refractivity contribution >= 4 is 28.3 Å². The van der Waals surface area contributed by atoms with Crippen LogP contribution in [0.5, 0.6) is 0 Å². The van der Waals surface area contributed by atoms with Crippen molar-refractivity contribution in [3.05, 3.63) is 47.0 Å². The van der Waals surface area contributed by atoms with Crippen molar-refractivity contribution < 1.29 is 37.6 Å². The molecule has 2 rings (SSSR count). The molecule has 0 aromatic heterocycles. The standard InChI is InChI=1S/C11H7ClO2.Hg/c12-8-5-4-7-2-1-3-9(11(13)14)10(7)6-8;/h1-6H,(H,13,14);. The Morgan fingerprint density at radius 3 is 2.60 bits per heavy atom. The van der Waals surface area contributed by atoms with Gasteiger partial charge in [0.05, 0.1) is 5.56 Å². The first kappa shape index (κ1) is 12.5. The van der Waals surface area contributed by atoms with Gasteiger partial charge in [0.25, 0.3) is 0 Å². The third-order valence-corrected chi connectivity index (χ3v) is 2.31. The molecular weight excluding hydrogens is 400 g/mol. The van der Waals surface area contributed by atoms with Gasteiger partial charge in [-0.1, -0.05) is 29.8 Å². The Hall–Kier alpha value is -0.605. The minimum Gasteiger partial charge on any atom is -0.478 e. The summed E-state index contributed by atoms with van der Waals surface area (Å²) in [5.74, 6) is -0.933. The van der Waals surface area contributed by atoms with Gasteiger partial charge in [0.1, 0.15) is 0 Å². The molecule has 0 spiro atoms. The van der Waals surface area contributed by atoms with Gasteiger partial charge in [-0.05, 0) is 29.0 Å². The van der Waals surface area contributed by atoms with Gasteiger partial charge in [0, 0.05) is 32.7 Å². The summed E-state index contributed by atoms with van der Waals surface area (Å²) in [7, 11) is 0. The molecule has 0 fully saturated rings. The monoisotopic (exact) mass is 408 g/mol. The average Bonchev–Trinajstić information content (AvgIpc) is 2.16. The fourth-order valence-corrected chi connectivity index (χ4v) is 1.60. The number of halogens is 1. The SMILES string of the molecule is O=C(O)c1cccc2ccc(Cl)cc12.[Hg]. The summed E-state index contributed by atoms with van der Waals surface area (Å²) in [5.41, 5.74) is 0.282. The van der Waals surface area contributed by atoms with Crippen molar-refractivity contribution in [2.24, 2.45) is 0 Å². The maximum atomic E-state index is 10.9. The zero-order valence-corrected chi connectivity index (χ0v) is 14.2. The van der Waals surface area contributed by atoms with Crippen LogP contribution in [0.25, 0.3) is 10.8 Å². The summed E-state index contributed by atoms with van der Waals surface area (Å²) in [4.78, 5) is 10.9. The molecule has 0 unspecified atom stereocenters. The van der Waals surface area contributed by atoms with Crippen LogP contribution < -0.4 is 0 Å². The molecule has 0 atom stereocenters. The molecule has 0 aliphatic rings. The molecule has 0 heterocycles. The van der Waals surface area contributed by atoms with E-state index in [4.69, 9.17) is 16.7 Å². The van der Waals surface area contributed by atoms with Gasteiger partial charge in [0.2, 0.25) is 0 Å². The molecule has 2 aromatic rings. The van der Waals surface area contributed by atoms with Gasteiger partial charge in [-0.3, -0.25) is 0 Å². The summed E-state index contributed by atoms with van der Waals surface area (Å²) in [6, 6.07) is 10.4. The minimum absolute atomic E-state index is 0. The van der Waals surface area contributed by atoms with E-state index in [1.54, 1.807) is 24.3 Å². The third kappa shape index (κ3) is 2.50. The summed E-state index contributed by atoms with van der Waals surface area (Å²) in [5, 5.41) is 11.0. The van der Waals surface area contributed by atoms with Crippen LogP contribution in [0.2, 0.25) is 5.02 Å². The van der Waals surface area contributed by atoms with Gasteiger partial charge in [-0.2, -0.15) is 0 Å². The Morgan fingerprint density at radius 2 is 1.93 bits per heavy atom. The molecule has 2 nitrogen and oxygen atoms in total. The second-order valence-corrected chi connectivity index (χ2v) is 3.41. The van der Waals surface area contributed by atoms with Crippen molar-refractivity contribution in [2.75, 3.05) is 0 Å². The van der Waals surface area contributed by atoms with E-state index in [0.29, 0.717) is 10.4 Å². The first-order valence-electron chi connectivity index (χ1n) is 4.10. The fourth-order valence-electron chi connectivity index (χ4n) is 1.43. The molecule has 2 aromatic carbocycles. The van der Waals surface area contributed by atoms with E-state index in [1.807, 2.05) is 12.1 Å². The Balaban J connectivity index is 0.00000112. The second kappa shape index (κ2) is 4.95. The maximum Gasteiger partial charge on any atom is 0.336 e. The summed E-state index contributed by atoms with van der Waals surface area (Å²) < 4.78 is 0. The molecule has 0 aliphatic heterocycles. The largest absolute Gasteiger partial charge is 0.478 e. The Bertz CT molecular complexity index is 511. The van der Waals surface area contributed by atoms with Gasteiger partial charge in [0.15, 0.2) is 0 Å². The molecule has 0 saturated heterocycles. The summed E-state index contributed by atoms with van der Waals surface area (Å²) >= 11 is 5.80. The topological polar surface area (TPSA) is 37.3 Å². The predicted octanol–water partition coefficient (Wildman–Crippen LogP) is 3.19. The van der Waals surface area contributed by atoms with Crippen LogP contribution >= 0.6 is 11.6 Å². The van der Waals surface area contributed by atoms with E-state index in [1.165, 1.54) is 0 Å². The van der Waals surface area contributed by atoms with Crippen molar-refractivity contribution in [2.45, 2.75) is 0 Å². The van der Waals surface area contributed by atoms with Crippen LogP contribution in [-0.4, -0.2) is 11.1 Å². The van der Waals surface area contributed by atoms with Gasteiger partial charge < -0.3 is 5.11 Å². The zero-order valence-electron chi connectivity index (χ0n) is 7.90. The number of aromatic carboxylic acids is 1. The first-order valence-corrected chi connectivity index (χ1v) is 4.48. The number of hydrogen-bond donors (Lipinski definition) is 1. The van der Waals surface area contributed by atoms with Gasteiger partial charge >= 0.3 is 5.97 Å². The number of benzene rings is 2. The van der Waals surface area contributed by atoms with Gasteiger partial charge in [-0.15, -0.1) is 0 Å². The van der Waals surface area contributed by atoms with E-state index in [9.17, 15) is 4.79 Å². The van der Waals surface area contributed by atoms with Crippen LogP contribution in [0.15, 0.2) is 36.4 Å². The second-order valence-electron chi connectivity index (χ2n) is 2.98. The van der Waals surface area contributed by atoms with Crippen molar-refractivity contribution in [1.29, 1.82) is 0 Å². The Morgan fingerprint density at radius 1 is 1.20 bits per heavy atom. The number of carbonyl (C=O) groups is 1. The first-order chi connectivity index (χ1) is 6.68. The number of rotatable bonds is 1. The third-order valence-electron chi connectivity index (χ3n) is 2.07. The zero-order chi connectivity index (χ0) is 10.1. The molecule has 0 amide bonds. The van der Waals surface area contributed by atoms with Crippen molar-refractivity contribution in [3.63, 3.8) is 0 Å². The molecule has 1 N–H and O–H groups in total. The molecule has 15 heavy (non-hydrogen) atoms. The number of hydrogen-bond acceptors (Lipinski definition) is 1. The van der Waals surface area contributed by atoms with E-state index in [-0.39, 0.29) is 33.2 Å². The minimum atomic E-state index is -0.933. The van der Waals surface area contributed by atoms with E-state index >= 15 is 0 Å².